The first-order valence-electron chi connectivity index (χ1n) is 6.30. The maximum absolute atomic E-state index is 11.7. The molecule has 0 saturated carbocycles. The monoisotopic (exact) mass is 250 g/mol. The van der Waals surface area contributed by atoms with Crippen molar-refractivity contribution in [1.82, 2.24) is 10.3 Å². The van der Waals surface area contributed by atoms with Gasteiger partial charge < -0.3 is 10.1 Å². The highest BCUT2D eigenvalue weighted by Crippen LogP contribution is 2.01. The predicted octanol–water partition coefficient (Wildman–Crippen LogP) is 2.07. The summed E-state index contributed by atoms with van der Waals surface area (Å²) in [6, 6.07) is 3.89. The van der Waals surface area contributed by atoms with Gasteiger partial charge in [-0.05, 0) is 31.4 Å². The molecular formula is C14H22N2O2. The van der Waals surface area contributed by atoms with Crippen LogP contribution in [0.15, 0.2) is 18.3 Å². The Morgan fingerprint density at radius 1 is 1.39 bits per heavy atom. The van der Waals surface area contributed by atoms with Gasteiger partial charge in [0, 0.05) is 25.0 Å². The van der Waals surface area contributed by atoms with E-state index in [0.717, 1.165) is 11.3 Å². The molecule has 0 unspecified atom stereocenters. The van der Waals surface area contributed by atoms with E-state index in [2.05, 4.69) is 24.1 Å². The molecule has 0 saturated heterocycles. The number of amides is 1. The summed E-state index contributed by atoms with van der Waals surface area (Å²) in [5.74, 6) is 0.345. The summed E-state index contributed by atoms with van der Waals surface area (Å²) in [6.45, 7) is 8.91. The van der Waals surface area contributed by atoms with E-state index in [1.54, 1.807) is 13.1 Å². The van der Waals surface area contributed by atoms with Crippen molar-refractivity contribution in [2.24, 2.45) is 5.92 Å². The third kappa shape index (κ3) is 5.27. The molecule has 4 heteroatoms. The first kappa shape index (κ1) is 14.6. The van der Waals surface area contributed by atoms with Crippen LogP contribution >= 0.6 is 0 Å². The molecule has 0 aliphatic rings. The third-order valence-corrected chi connectivity index (χ3v) is 2.49. The van der Waals surface area contributed by atoms with Crippen LogP contribution in [-0.4, -0.2) is 23.6 Å². The molecule has 1 rings (SSSR count). The number of nitrogens with zero attached hydrogens (tertiary/aromatic N) is 1. The molecule has 0 fully saturated rings. The summed E-state index contributed by atoms with van der Waals surface area (Å²) in [5, 5.41) is 2.84. The van der Waals surface area contributed by atoms with Gasteiger partial charge >= 0.3 is 0 Å². The molecule has 0 bridgehead atoms. The fourth-order valence-electron chi connectivity index (χ4n) is 1.35. The zero-order valence-corrected chi connectivity index (χ0v) is 11.6. The van der Waals surface area contributed by atoms with Gasteiger partial charge in [-0.1, -0.05) is 19.9 Å². The Kier molecular flexibility index (Phi) is 5.78. The maximum Gasteiger partial charge on any atom is 0.249 e. The molecule has 4 nitrogen and oxygen atoms in total. The van der Waals surface area contributed by atoms with Gasteiger partial charge in [-0.3, -0.25) is 9.78 Å². The zero-order valence-electron chi connectivity index (χ0n) is 11.6. The second-order valence-electron chi connectivity index (χ2n) is 4.90. The van der Waals surface area contributed by atoms with Crippen molar-refractivity contribution in [3.05, 3.63) is 29.6 Å². The Balaban J connectivity index is 2.34. The van der Waals surface area contributed by atoms with Gasteiger partial charge in [0.25, 0.3) is 0 Å². The molecule has 18 heavy (non-hydrogen) atoms. The molecule has 0 aromatic carbocycles. The fraction of sp³-hybridized carbons (Fsp3) is 0.571. The largest absolute Gasteiger partial charge is 0.368 e. The molecule has 0 aliphatic heterocycles. The van der Waals surface area contributed by atoms with Crippen molar-refractivity contribution in [1.29, 1.82) is 0 Å². The van der Waals surface area contributed by atoms with Gasteiger partial charge in [-0.25, -0.2) is 0 Å². The number of nitrogens with one attached hydrogen (secondary N) is 1. The summed E-state index contributed by atoms with van der Waals surface area (Å²) < 4.78 is 5.45. The summed E-state index contributed by atoms with van der Waals surface area (Å²) in [6.07, 6.45) is 1.36. The van der Waals surface area contributed by atoms with E-state index in [1.165, 1.54) is 0 Å². The molecule has 0 radical (unpaired) electrons. The Labute approximate surface area is 109 Å². The van der Waals surface area contributed by atoms with Crippen molar-refractivity contribution >= 4 is 5.91 Å². The number of carbonyl (C=O) groups is 1. The number of pyridine rings is 1. The fourth-order valence-corrected chi connectivity index (χ4v) is 1.35. The van der Waals surface area contributed by atoms with Gasteiger partial charge in [-0.15, -0.1) is 0 Å². The number of rotatable bonds is 6. The number of hydrogen-bond donors (Lipinski definition) is 1. The summed E-state index contributed by atoms with van der Waals surface area (Å²) in [4.78, 5) is 15.9. The molecule has 1 aromatic heterocycles. The standard InChI is InChI=1S/C14H22N2O2/c1-10(2)9-18-12(4)14(17)16-8-13-6-5-11(3)15-7-13/h5-7,10,12H,8-9H2,1-4H3,(H,16,17)/t12-/m1/s1. The van der Waals surface area contributed by atoms with E-state index >= 15 is 0 Å². The van der Waals surface area contributed by atoms with Crippen molar-refractivity contribution in [3.63, 3.8) is 0 Å². The van der Waals surface area contributed by atoms with Gasteiger partial charge in [0.2, 0.25) is 5.91 Å². The number of ether oxygens (including phenoxy) is 1. The third-order valence-electron chi connectivity index (χ3n) is 2.49. The Bertz CT molecular complexity index is 374. The quantitative estimate of drug-likeness (QED) is 0.841. The Morgan fingerprint density at radius 2 is 2.11 bits per heavy atom. The summed E-state index contributed by atoms with van der Waals surface area (Å²) >= 11 is 0. The lowest BCUT2D eigenvalue weighted by Crippen LogP contribution is -2.34. The van der Waals surface area contributed by atoms with E-state index in [9.17, 15) is 4.79 Å². The van der Waals surface area contributed by atoms with E-state index < -0.39 is 6.10 Å². The van der Waals surface area contributed by atoms with Crippen LogP contribution < -0.4 is 5.32 Å². The molecule has 1 atom stereocenters. The molecular weight excluding hydrogens is 228 g/mol. The molecule has 0 aliphatic carbocycles. The highest BCUT2D eigenvalue weighted by molar-refractivity contribution is 5.80. The summed E-state index contributed by atoms with van der Waals surface area (Å²) in [5.41, 5.74) is 1.96. The minimum atomic E-state index is -0.411. The van der Waals surface area contributed by atoms with E-state index in [4.69, 9.17) is 4.74 Å². The highest BCUT2D eigenvalue weighted by atomic mass is 16.5. The van der Waals surface area contributed by atoms with E-state index in [-0.39, 0.29) is 5.91 Å². The van der Waals surface area contributed by atoms with Gasteiger partial charge in [0.1, 0.15) is 6.10 Å². The molecule has 1 aromatic rings. The average Bonchev–Trinajstić information content (AvgIpc) is 2.34. The average molecular weight is 250 g/mol. The van der Waals surface area contributed by atoms with Gasteiger partial charge in [0.15, 0.2) is 0 Å². The number of aromatic nitrogens is 1. The van der Waals surface area contributed by atoms with Crippen molar-refractivity contribution in [2.75, 3.05) is 6.61 Å². The molecule has 1 N–H and O–H groups in total. The van der Waals surface area contributed by atoms with Crippen LogP contribution in [0.1, 0.15) is 32.0 Å². The summed E-state index contributed by atoms with van der Waals surface area (Å²) in [7, 11) is 0. The number of hydrogen-bond acceptors (Lipinski definition) is 3. The minimum absolute atomic E-state index is 0.0868. The second-order valence-corrected chi connectivity index (χ2v) is 4.90. The van der Waals surface area contributed by atoms with Crippen molar-refractivity contribution in [3.8, 4) is 0 Å². The van der Waals surface area contributed by atoms with Gasteiger partial charge in [0.05, 0.1) is 0 Å². The van der Waals surface area contributed by atoms with E-state index in [1.807, 2.05) is 19.1 Å². The van der Waals surface area contributed by atoms with Crippen LogP contribution in [0.5, 0.6) is 0 Å². The minimum Gasteiger partial charge on any atom is -0.368 e. The first-order valence-corrected chi connectivity index (χ1v) is 6.30. The molecule has 100 valence electrons. The van der Waals surface area contributed by atoms with E-state index in [0.29, 0.717) is 19.1 Å². The van der Waals surface area contributed by atoms with Crippen molar-refractivity contribution < 1.29 is 9.53 Å². The van der Waals surface area contributed by atoms with Crippen molar-refractivity contribution in [2.45, 2.75) is 40.3 Å². The topological polar surface area (TPSA) is 51.2 Å². The molecule has 0 spiro atoms. The predicted molar refractivity (Wildman–Crippen MR) is 71.1 cm³/mol. The second kappa shape index (κ2) is 7.11. The van der Waals surface area contributed by atoms with Crippen LogP contribution in [0.4, 0.5) is 0 Å². The normalized spacial score (nSPS) is 12.5. The SMILES string of the molecule is Cc1ccc(CNC(=O)[C@@H](C)OCC(C)C)cn1. The lowest BCUT2D eigenvalue weighted by molar-refractivity contribution is -0.132. The Hall–Kier alpha value is -1.42. The first-order chi connectivity index (χ1) is 8.49. The lowest BCUT2D eigenvalue weighted by atomic mass is 10.2. The van der Waals surface area contributed by atoms with Crippen LogP contribution in [0.25, 0.3) is 0 Å². The van der Waals surface area contributed by atoms with Crippen LogP contribution in [0.3, 0.4) is 0 Å². The highest BCUT2D eigenvalue weighted by Gasteiger charge is 2.13. The van der Waals surface area contributed by atoms with Crippen LogP contribution in [0, 0.1) is 12.8 Å². The Morgan fingerprint density at radius 3 is 2.67 bits per heavy atom. The maximum atomic E-state index is 11.7. The zero-order chi connectivity index (χ0) is 13.5. The number of carbonyl (C=O) groups excluding carboxylic acids is 1. The molecule has 1 amide bonds. The number of aryl methyl sites for hydroxylation is 1. The van der Waals surface area contributed by atoms with Gasteiger partial charge in [-0.2, -0.15) is 0 Å². The van der Waals surface area contributed by atoms with Crippen LogP contribution in [0.2, 0.25) is 0 Å². The lowest BCUT2D eigenvalue weighted by Gasteiger charge is -2.14. The van der Waals surface area contributed by atoms with Crippen LogP contribution in [-0.2, 0) is 16.1 Å². The molecule has 1 heterocycles. The smallest absolute Gasteiger partial charge is 0.249 e.